The van der Waals surface area contributed by atoms with Crippen molar-refractivity contribution in [1.82, 2.24) is 0 Å². The number of amides is 1. The van der Waals surface area contributed by atoms with Gasteiger partial charge in [0.1, 0.15) is 5.38 Å². The molecule has 1 aromatic carbocycles. The molecule has 0 aliphatic carbocycles. The number of carbonyl (C=O) groups is 1. The van der Waals surface area contributed by atoms with Gasteiger partial charge in [-0.1, -0.05) is 6.07 Å². The number of aryl methyl sites for hydroxylation is 2. The molecule has 76 valence electrons. The van der Waals surface area contributed by atoms with Gasteiger partial charge >= 0.3 is 0 Å². The summed E-state index contributed by atoms with van der Waals surface area (Å²) in [6.45, 7) is 5.69. The average Bonchev–Trinajstić information content (AvgIpc) is 2.11. The fraction of sp³-hybridized carbons (Fsp3) is 0.364. The third kappa shape index (κ3) is 2.74. The molecule has 0 saturated carbocycles. The van der Waals surface area contributed by atoms with Crippen molar-refractivity contribution in [3.8, 4) is 0 Å². The lowest BCUT2D eigenvalue weighted by Crippen LogP contribution is -2.20. The van der Waals surface area contributed by atoms with Gasteiger partial charge in [-0.2, -0.15) is 0 Å². The van der Waals surface area contributed by atoms with Crippen LogP contribution in [0.15, 0.2) is 18.2 Å². The summed E-state index contributed by atoms with van der Waals surface area (Å²) in [4.78, 5) is 11.3. The van der Waals surface area contributed by atoms with E-state index < -0.39 is 5.38 Å². The standard InChI is InChI=1S/C11H14ClNO/c1-7-4-5-10(6-8(7)2)13-11(14)9(3)12/h4-6,9H,1-3H3,(H,13,14)/t9-/m1/s1. The predicted octanol–water partition coefficient (Wildman–Crippen LogP) is 2.87. The molecule has 1 rings (SSSR count). The molecule has 0 heterocycles. The third-order valence-electron chi connectivity index (χ3n) is 2.14. The molecule has 1 aromatic rings. The maximum absolute atomic E-state index is 11.3. The van der Waals surface area contributed by atoms with E-state index in [1.165, 1.54) is 5.56 Å². The number of rotatable bonds is 2. The Morgan fingerprint density at radius 3 is 2.50 bits per heavy atom. The number of benzene rings is 1. The first-order chi connectivity index (χ1) is 6.50. The van der Waals surface area contributed by atoms with Crippen molar-refractivity contribution in [2.75, 3.05) is 5.32 Å². The Morgan fingerprint density at radius 2 is 2.00 bits per heavy atom. The van der Waals surface area contributed by atoms with Gasteiger partial charge in [-0.05, 0) is 44.0 Å². The van der Waals surface area contributed by atoms with Crippen LogP contribution in [0.1, 0.15) is 18.1 Å². The highest BCUT2D eigenvalue weighted by Crippen LogP contribution is 2.14. The monoisotopic (exact) mass is 211 g/mol. The van der Waals surface area contributed by atoms with E-state index in [2.05, 4.69) is 5.32 Å². The topological polar surface area (TPSA) is 29.1 Å². The van der Waals surface area contributed by atoms with Gasteiger partial charge in [-0.15, -0.1) is 11.6 Å². The number of alkyl halides is 1. The molecule has 0 aromatic heterocycles. The minimum atomic E-state index is -0.503. The zero-order chi connectivity index (χ0) is 10.7. The van der Waals surface area contributed by atoms with Crippen LogP contribution in [0.25, 0.3) is 0 Å². The highest BCUT2D eigenvalue weighted by atomic mass is 35.5. The molecule has 0 aliphatic rings. The maximum Gasteiger partial charge on any atom is 0.242 e. The molecule has 2 nitrogen and oxygen atoms in total. The Balaban J connectivity index is 2.78. The Hall–Kier alpha value is -1.02. The molecule has 0 unspecified atom stereocenters. The summed E-state index contributed by atoms with van der Waals surface area (Å²) in [5, 5.41) is 2.24. The SMILES string of the molecule is Cc1ccc(NC(=O)[C@@H](C)Cl)cc1C. The van der Waals surface area contributed by atoms with Crippen LogP contribution in [-0.2, 0) is 4.79 Å². The third-order valence-corrected chi connectivity index (χ3v) is 2.33. The summed E-state index contributed by atoms with van der Waals surface area (Å²) in [7, 11) is 0. The molecule has 0 aliphatic heterocycles. The number of hydrogen-bond donors (Lipinski definition) is 1. The van der Waals surface area contributed by atoms with Crippen LogP contribution < -0.4 is 5.32 Å². The fourth-order valence-electron chi connectivity index (χ4n) is 1.06. The van der Waals surface area contributed by atoms with E-state index in [9.17, 15) is 4.79 Å². The lowest BCUT2D eigenvalue weighted by atomic mass is 10.1. The van der Waals surface area contributed by atoms with Gasteiger partial charge < -0.3 is 5.32 Å². The lowest BCUT2D eigenvalue weighted by Gasteiger charge is -2.08. The molecule has 1 amide bonds. The summed E-state index contributed by atoms with van der Waals surface area (Å²) in [6, 6.07) is 5.79. The smallest absolute Gasteiger partial charge is 0.242 e. The van der Waals surface area contributed by atoms with Gasteiger partial charge in [-0.25, -0.2) is 0 Å². The molecule has 1 N–H and O–H groups in total. The van der Waals surface area contributed by atoms with E-state index in [1.807, 2.05) is 32.0 Å². The van der Waals surface area contributed by atoms with E-state index >= 15 is 0 Å². The van der Waals surface area contributed by atoms with E-state index in [-0.39, 0.29) is 5.91 Å². The fourth-order valence-corrected chi connectivity index (χ4v) is 1.12. The van der Waals surface area contributed by atoms with Crippen LogP contribution in [-0.4, -0.2) is 11.3 Å². The second-order valence-electron chi connectivity index (χ2n) is 3.40. The van der Waals surface area contributed by atoms with Gasteiger partial charge in [0, 0.05) is 5.69 Å². The minimum Gasteiger partial charge on any atom is -0.325 e. The summed E-state index contributed by atoms with van der Waals surface area (Å²) in [6.07, 6.45) is 0. The predicted molar refractivity (Wildman–Crippen MR) is 59.9 cm³/mol. The lowest BCUT2D eigenvalue weighted by molar-refractivity contribution is -0.115. The van der Waals surface area contributed by atoms with Gasteiger partial charge in [0.05, 0.1) is 0 Å². The molecular weight excluding hydrogens is 198 g/mol. The summed E-state index contributed by atoms with van der Waals surface area (Å²) in [5.74, 6) is -0.171. The normalized spacial score (nSPS) is 12.3. The summed E-state index contributed by atoms with van der Waals surface area (Å²) < 4.78 is 0. The molecule has 0 saturated heterocycles. The van der Waals surface area contributed by atoms with Crippen LogP contribution in [0.2, 0.25) is 0 Å². The van der Waals surface area contributed by atoms with E-state index in [1.54, 1.807) is 6.92 Å². The van der Waals surface area contributed by atoms with Crippen LogP contribution >= 0.6 is 11.6 Å². The van der Waals surface area contributed by atoms with Crippen molar-refractivity contribution in [3.63, 3.8) is 0 Å². The molecule has 0 fully saturated rings. The van der Waals surface area contributed by atoms with Crippen molar-refractivity contribution >= 4 is 23.2 Å². The largest absolute Gasteiger partial charge is 0.325 e. The van der Waals surface area contributed by atoms with Crippen molar-refractivity contribution in [2.45, 2.75) is 26.1 Å². The molecule has 14 heavy (non-hydrogen) atoms. The van der Waals surface area contributed by atoms with E-state index in [0.717, 1.165) is 11.3 Å². The van der Waals surface area contributed by atoms with Crippen molar-refractivity contribution in [2.24, 2.45) is 0 Å². The summed E-state index contributed by atoms with van der Waals surface area (Å²) in [5.41, 5.74) is 3.16. The van der Waals surface area contributed by atoms with Crippen molar-refractivity contribution < 1.29 is 4.79 Å². The quantitative estimate of drug-likeness (QED) is 0.749. The van der Waals surface area contributed by atoms with Crippen molar-refractivity contribution in [3.05, 3.63) is 29.3 Å². The zero-order valence-corrected chi connectivity index (χ0v) is 9.35. The number of hydrogen-bond acceptors (Lipinski definition) is 1. The number of halogens is 1. The van der Waals surface area contributed by atoms with Gasteiger partial charge in [0.25, 0.3) is 0 Å². The average molecular weight is 212 g/mol. The Kier molecular flexibility index (Phi) is 3.53. The highest BCUT2D eigenvalue weighted by molar-refractivity contribution is 6.32. The molecule has 0 bridgehead atoms. The minimum absolute atomic E-state index is 0.171. The first-order valence-corrected chi connectivity index (χ1v) is 4.96. The Morgan fingerprint density at radius 1 is 1.36 bits per heavy atom. The molecular formula is C11H14ClNO. The van der Waals surface area contributed by atoms with Gasteiger partial charge in [0.15, 0.2) is 0 Å². The number of anilines is 1. The maximum atomic E-state index is 11.3. The van der Waals surface area contributed by atoms with Crippen LogP contribution in [0.4, 0.5) is 5.69 Å². The summed E-state index contributed by atoms with van der Waals surface area (Å²) >= 11 is 5.64. The molecule has 1 atom stereocenters. The Labute approximate surface area is 89.3 Å². The van der Waals surface area contributed by atoms with Crippen molar-refractivity contribution in [1.29, 1.82) is 0 Å². The van der Waals surface area contributed by atoms with Crippen LogP contribution in [0.3, 0.4) is 0 Å². The van der Waals surface area contributed by atoms with Gasteiger partial charge in [-0.3, -0.25) is 4.79 Å². The first-order valence-electron chi connectivity index (χ1n) is 4.53. The van der Waals surface area contributed by atoms with E-state index in [4.69, 9.17) is 11.6 Å². The van der Waals surface area contributed by atoms with Gasteiger partial charge in [0.2, 0.25) is 5.91 Å². The molecule has 0 radical (unpaired) electrons. The molecule has 3 heteroatoms. The first kappa shape index (κ1) is 11.1. The Bertz CT molecular complexity index is 347. The van der Waals surface area contributed by atoms with Crippen LogP contribution in [0, 0.1) is 13.8 Å². The second-order valence-corrected chi connectivity index (χ2v) is 4.06. The van der Waals surface area contributed by atoms with E-state index in [0.29, 0.717) is 0 Å². The number of nitrogens with one attached hydrogen (secondary N) is 1. The zero-order valence-electron chi connectivity index (χ0n) is 8.60. The molecule has 0 spiro atoms. The van der Waals surface area contributed by atoms with Crippen LogP contribution in [0.5, 0.6) is 0 Å². The highest BCUT2D eigenvalue weighted by Gasteiger charge is 2.08. The second kappa shape index (κ2) is 4.47. The number of carbonyl (C=O) groups excluding carboxylic acids is 1.